The zero-order valence-electron chi connectivity index (χ0n) is 15.0. The van der Waals surface area contributed by atoms with E-state index in [9.17, 15) is 0 Å². The van der Waals surface area contributed by atoms with E-state index in [1.165, 1.54) is 11.1 Å². The summed E-state index contributed by atoms with van der Waals surface area (Å²) >= 11 is 10.7. The van der Waals surface area contributed by atoms with Crippen molar-refractivity contribution in [1.82, 2.24) is 0 Å². The number of hydrogen-bond acceptors (Lipinski definition) is 2. The summed E-state index contributed by atoms with van der Waals surface area (Å²) in [7, 11) is 0. The van der Waals surface area contributed by atoms with Crippen molar-refractivity contribution in [2.45, 2.75) is 20.5 Å². The second-order valence-electron chi connectivity index (χ2n) is 6.26. The highest BCUT2D eigenvalue weighted by Gasteiger charge is 2.09. The fraction of sp³-hybridized carbons (Fsp3) is 0.136. The average Bonchev–Trinajstić information content (AvgIpc) is 2.63. The van der Waals surface area contributed by atoms with Crippen LogP contribution in [0.2, 0.25) is 0 Å². The Morgan fingerprint density at radius 1 is 0.852 bits per heavy atom. The summed E-state index contributed by atoms with van der Waals surface area (Å²) in [6.45, 7) is 4.70. The lowest BCUT2D eigenvalue weighted by Gasteiger charge is -2.11. The number of halogens is 3. The average molecular weight is 552 g/mol. The lowest BCUT2D eigenvalue weighted by Crippen LogP contribution is -1.97. The predicted molar refractivity (Wildman–Crippen MR) is 123 cm³/mol. The molecule has 0 amide bonds. The highest BCUT2D eigenvalue weighted by molar-refractivity contribution is 9.11. The topological polar surface area (TPSA) is 21.6 Å². The Bertz CT molecular complexity index is 958. The molecule has 0 atom stereocenters. The monoisotopic (exact) mass is 549 g/mol. The van der Waals surface area contributed by atoms with Gasteiger partial charge in [0.05, 0.1) is 14.6 Å². The maximum atomic E-state index is 5.99. The zero-order chi connectivity index (χ0) is 19.4. The molecule has 2 nitrogen and oxygen atoms in total. The van der Waals surface area contributed by atoms with Gasteiger partial charge in [-0.2, -0.15) is 0 Å². The van der Waals surface area contributed by atoms with Crippen molar-refractivity contribution in [3.63, 3.8) is 0 Å². The molecule has 138 valence electrons. The number of aryl methyl sites for hydroxylation is 2. The SMILES string of the molecule is Cc1ccc(N=Cc2cc(Br)c(OCc3ccc(Br)cc3)c(Br)c2)cc1C. The third-order valence-corrected chi connectivity index (χ3v) is 5.88. The van der Waals surface area contributed by atoms with Crippen molar-refractivity contribution in [2.24, 2.45) is 4.99 Å². The Kier molecular flexibility index (Phi) is 6.90. The molecule has 0 saturated carbocycles. The molecular formula is C22H18Br3NO. The number of hydrogen-bond donors (Lipinski definition) is 0. The molecule has 27 heavy (non-hydrogen) atoms. The molecule has 3 rings (SSSR count). The Morgan fingerprint density at radius 3 is 2.15 bits per heavy atom. The van der Waals surface area contributed by atoms with Crippen molar-refractivity contribution in [3.8, 4) is 5.75 Å². The first-order valence-corrected chi connectivity index (χ1v) is 10.8. The summed E-state index contributed by atoms with van der Waals surface area (Å²) in [6.07, 6.45) is 1.86. The standard InChI is InChI=1S/C22H18Br3NO/c1-14-3-8-19(9-15(14)2)26-12-17-10-20(24)22(21(25)11-17)27-13-16-4-6-18(23)7-5-16/h3-12H,13H2,1-2H3. The molecule has 0 N–H and O–H groups in total. The first-order valence-electron chi connectivity index (χ1n) is 8.40. The molecule has 0 radical (unpaired) electrons. The Morgan fingerprint density at radius 2 is 1.52 bits per heavy atom. The lowest BCUT2D eigenvalue weighted by molar-refractivity contribution is 0.302. The van der Waals surface area contributed by atoms with Crippen LogP contribution in [0.15, 0.2) is 73.0 Å². The van der Waals surface area contributed by atoms with Crippen LogP contribution in [0.1, 0.15) is 22.3 Å². The summed E-state index contributed by atoms with van der Waals surface area (Å²) in [5.74, 6) is 0.779. The minimum atomic E-state index is 0.501. The van der Waals surface area contributed by atoms with Crippen LogP contribution in [0, 0.1) is 13.8 Å². The van der Waals surface area contributed by atoms with Gasteiger partial charge in [-0.05, 0) is 104 Å². The summed E-state index contributed by atoms with van der Waals surface area (Å²) in [4.78, 5) is 4.58. The van der Waals surface area contributed by atoms with Crippen LogP contribution in [0.3, 0.4) is 0 Å². The van der Waals surface area contributed by atoms with Crippen molar-refractivity contribution in [2.75, 3.05) is 0 Å². The van der Waals surface area contributed by atoms with Gasteiger partial charge in [-0.25, -0.2) is 0 Å². The van der Waals surface area contributed by atoms with Crippen LogP contribution in [-0.4, -0.2) is 6.21 Å². The number of nitrogens with zero attached hydrogens (tertiary/aromatic N) is 1. The molecule has 0 aliphatic heterocycles. The van der Waals surface area contributed by atoms with Gasteiger partial charge in [0.2, 0.25) is 0 Å². The summed E-state index contributed by atoms with van der Waals surface area (Å²) in [5.41, 5.74) is 5.55. The van der Waals surface area contributed by atoms with Crippen molar-refractivity contribution in [3.05, 3.63) is 90.3 Å². The molecule has 0 fully saturated rings. The van der Waals surface area contributed by atoms with Crippen LogP contribution in [0.4, 0.5) is 5.69 Å². The number of ether oxygens (including phenoxy) is 1. The summed E-state index contributed by atoms with van der Waals surface area (Å²) in [5, 5.41) is 0. The third kappa shape index (κ3) is 5.53. The maximum absolute atomic E-state index is 5.99. The van der Waals surface area contributed by atoms with Crippen LogP contribution in [-0.2, 0) is 6.61 Å². The van der Waals surface area contributed by atoms with Crippen molar-refractivity contribution < 1.29 is 4.74 Å². The van der Waals surface area contributed by atoms with E-state index in [4.69, 9.17) is 4.74 Å². The number of aliphatic imine (C=N–C) groups is 1. The Labute approximate surface area is 185 Å². The zero-order valence-corrected chi connectivity index (χ0v) is 19.7. The first-order chi connectivity index (χ1) is 12.9. The highest BCUT2D eigenvalue weighted by Crippen LogP contribution is 2.35. The van der Waals surface area contributed by atoms with Gasteiger partial charge in [-0.1, -0.05) is 34.1 Å². The fourth-order valence-electron chi connectivity index (χ4n) is 2.48. The van der Waals surface area contributed by atoms with Gasteiger partial charge >= 0.3 is 0 Å². The minimum absolute atomic E-state index is 0.501. The molecule has 0 bridgehead atoms. The van der Waals surface area contributed by atoms with Crippen LogP contribution in [0.5, 0.6) is 5.75 Å². The molecule has 5 heteroatoms. The normalized spacial score (nSPS) is 11.1. The predicted octanol–water partition coefficient (Wildman–Crippen LogP) is 7.92. The first kappa shape index (κ1) is 20.3. The molecule has 0 spiro atoms. The number of rotatable bonds is 5. The molecule has 0 aromatic heterocycles. The van der Waals surface area contributed by atoms with Crippen LogP contribution >= 0.6 is 47.8 Å². The van der Waals surface area contributed by atoms with E-state index in [0.29, 0.717) is 6.61 Å². The lowest BCUT2D eigenvalue weighted by atomic mass is 10.1. The molecular weight excluding hydrogens is 534 g/mol. The van der Waals surface area contributed by atoms with Gasteiger partial charge < -0.3 is 4.74 Å². The van der Waals surface area contributed by atoms with E-state index in [-0.39, 0.29) is 0 Å². The number of benzene rings is 3. The smallest absolute Gasteiger partial charge is 0.148 e. The summed E-state index contributed by atoms with van der Waals surface area (Å²) < 4.78 is 8.81. The van der Waals surface area contributed by atoms with Crippen LogP contribution < -0.4 is 4.74 Å². The molecule has 0 heterocycles. The highest BCUT2D eigenvalue weighted by atomic mass is 79.9. The molecule has 0 saturated heterocycles. The molecule has 3 aromatic carbocycles. The van der Waals surface area contributed by atoms with Gasteiger partial charge in [0.1, 0.15) is 12.4 Å². The van der Waals surface area contributed by atoms with E-state index < -0.39 is 0 Å². The van der Waals surface area contributed by atoms with E-state index in [2.05, 4.69) is 78.8 Å². The molecule has 0 aliphatic rings. The van der Waals surface area contributed by atoms with Gasteiger partial charge in [-0.15, -0.1) is 0 Å². The second-order valence-corrected chi connectivity index (χ2v) is 8.88. The largest absolute Gasteiger partial charge is 0.487 e. The molecule has 0 unspecified atom stereocenters. The second kappa shape index (κ2) is 9.18. The molecule has 0 aliphatic carbocycles. The van der Waals surface area contributed by atoms with E-state index >= 15 is 0 Å². The van der Waals surface area contributed by atoms with Gasteiger partial charge in [0.25, 0.3) is 0 Å². The quantitative estimate of drug-likeness (QED) is 0.295. The van der Waals surface area contributed by atoms with Gasteiger partial charge in [-0.3, -0.25) is 4.99 Å². The van der Waals surface area contributed by atoms with E-state index in [1.807, 2.05) is 48.7 Å². The minimum Gasteiger partial charge on any atom is -0.487 e. The van der Waals surface area contributed by atoms with Crippen LogP contribution in [0.25, 0.3) is 0 Å². The third-order valence-electron chi connectivity index (χ3n) is 4.17. The summed E-state index contributed by atoms with van der Waals surface area (Å²) in [6, 6.07) is 18.3. The van der Waals surface area contributed by atoms with Crippen molar-refractivity contribution >= 4 is 59.7 Å². The van der Waals surface area contributed by atoms with E-state index in [0.717, 1.165) is 36.0 Å². The Hall–Kier alpha value is -1.43. The molecule has 3 aromatic rings. The van der Waals surface area contributed by atoms with Gasteiger partial charge in [0.15, 0.2) is 0 Å². The van der Waals surface area contributed by atoms with E-state index in [1.54, 1.807) is 0 Å². The fourth-order valence-corrected chi connectivity index (χ4v) is 4.20. The maximum Gasteiger partial charge on any atom is 0.148 e. The Balaban J connectivity index is 1.74. The van der Waals surface area contributed by atoms with Gasteiger partial charge in [0, 0.05) is 10.7 Å². The van der Waals surface area contributed by atoms with Crippen molar-refractivity contribution in [1.29, 1.82) is 0 Å².